The zero-order valence-electron chi connectivity index (χ0n) is 9.36. The monoisotopic (exact) mass is 261 g/mol. The number of esters is 1. The highest BCUT2D eigenvalue weighted by atomic mass is 32.2. The van der Waals surface area contributed by atoms with Gasteiger partial charge in [-0.05, 0) is 6.42 Å². The first kappa shape index (κ1) is 13.2. The fraction of sp³-hybridized carbons (Fsp3) is 0.667. The average Bonchev–Trinajstić information content (AvgIpc) is 2.74. The van der Waals surface area contributed by atoms with Gasteiger partial charge in [0.15, 0.2) is 4.34 Å². The first-order valence-corrected chi connectivity index (χ1v) is 6.86. The zero-order chi connectivity index (χ0) is 11.8. The Morgan fingerprint density at radius 1 is 1.56 bits per heavy atom. The van der Waals surface area contributed by atoms with Gasteiger partial charge in [0.05, 0.1) is 12.4 Å². The van der Waals surface area contributed by atoms with E-state index >= 15 is 0 Å². The quantitative estimate of drug-likeness (QED) is 0.460. The fourth-order valence-corrected chi connectivity index (χ4v) is 2.37. The van der Waals surface area contributed by atoms with E-state index in [-0.39, 0.29) is 5.97 Å². The number of thioether (sulfide) groups is 1. The Kier molecular flexibility index (Phi) is 6.17. The second kappa shape index (κ2) is 7.45. The molecule has 0 bridgehead atoms. The van der Waals surface area contributed by atoms with Crippen molar-refractivity contribution in [1.29, 1.82) is 0 Å². The number of ether oxygens (including phenoxy) is 1. The van der Waals surface area contributed by atoms with Crippen molar-refractivity contribution in [2.45, 2.75) is 24.1 Å². The fourth-order valence-electron chi connectivity index (χ4n) is 0.862. The molecular formula is C9H15N3O2S2. The van der Waals surface area contributed by atoms with E-state index in [9.17, 15) is 4.79 Å². The van der Waals surface area contributed by atoms with Gasteiger partial charge in [-0.1, -0.05) is 36.4 Å². The molecule has 0 unspecified atom stereocenters. The minimum absolute atomic E-state index is 0.195. The number of carbonyl (C=O) groups is 1. The molecule has 16 heavy (non-hydrogen) atoms. The number of aromatic nitrogens is 2. The van der Waals surface area contributed by atoms with Crippen LogP contribution in [0.5, 0.6) is 0 Å². The number of anilines is 1. The highest BCUT2D eigenvalue weighted by Gasteiger charge is 2.07. The average molecular weight is 261 g/mol. The van der Waals surface area contributed by atoms with Gasteiger partial charge in [-0.2, -0.15) is 0 Å². The summed E-state index contributed by atoms with van der Waals surface area (Å²) in [7, 11) is 1.79. The van der Waals surface area contributed by atoms with Crippen LogP contribution in [0.1, 0.15) is 19.8 Å². The summed E-state index contributed by atoms with van der Waals surface area (Å²) >= 11 is 2.78. The SMILES string of the molecule is CCCCOC(=O)CSc1nnc(NC)s1. The molecule has 0 saturated carbocycles. The van der Waals surface area contributed by atoms with Crippen LogP contribution in [0.3, 0.4) is 0 Å². The van der Waals surface area contributed by atoms with Gasteiger partial charge < -0.3 is 10.1 Å². The van der Waals surface area contributed by atoms with Crippen molar-refractivity contribution in [3.63, 3.8) is 0 Å². The van der Waals surface area contributed by atoms with E-state index in [0.29, 0.717) is 12.4 Å². The highest BCUT2D eigenvalue weighted by Crippen LogP contribution is 2.24. The zero-order valence-corrected chi connectivity index (χ0v) is 11.0. The lowest BCUT2D eigenvalue weighted by atomic mass is 10.4. The van der Waals surface area contributed by atoms with Crippen LogP contribution in [0.2, 0.25) is 0 Å². The molecule has 0 spiro atoms. The van der Waals surface area contributed by atoms with Crippen LogP contribution >= 0.6 is 23.1 Å². The van der Waals surface area contributed by atoms with E-state index in [1.807, 2.05) is 0 Å². The molecule has 5 nitrogen and oxygen atoms in total. The second-order valence-corrected chi connectivity index (χ2v) is 5.19. The Morgan fingerprint density at radius 3 is 3.00 bits per heavy atom. The molecule has 1 rings (SSSR count). The third-order valence-corrected chi connectivity index (χ3v) is 3.74. The van der Waals surface area contributed by atoms with Crippen LogP contribution in [-0.4, -0.2) is 35.6 Å². The van der Waals surface area contributed by atoms with Gasteiger partial charge in [-0.25, -0.2) is 0 Å². The van der Waals surface area contributed by atoms with Gasteiger partial charge in [0.2, 0.25) is 5.13 Å². The summed E-state index contributed by atoms with van der Waals surface area (Å²) in [5.41, 5.74) is 0. The number of unbranched alkanes of at least 4 members (excludes halogenated alkanes) is 1. The predicted molar refractivity (Wildman–Crippen MR) is 66.0 cm³/mol. The summed E-state index contributed by atoms with van der Waals surface area (Å²) in [6.45, 7) is 2.57. The van der Waals surface area contributed by atoms with Crippen LogP contribution in [0, 0.1) is 0 Å². The minimum Gasteiger partial charge on any atom is -0.465 e. The van der Waals surface area contributed by atoms with Gasteiger partial charge in [-0.15, -0.1) is 10.2 Å². The molecule has 0 saturated heterocycles. The van der Waals surface area contributed by atoms with Crippen molar-refractivity contribution in [1.82, 2.24) is 10.2 Å². The lowest BCUT2D eigenvalue weighted by Crippen LogP contribution is -2.08. The first-order chi connectivity index (χ1) is 7.76. The van der Waals surface area contributed by atoms with E-state index in [1.54, 1.807) is 7.05 Å². The third kappa shape index (κ3) is 4.80. The molecule has 90 valence electrons. The molecule has 1 N–H and O–H groups in total. The number of rotatable bonds is 7. The van der Waals surface area contributed by atoms with Crippen molar-refractivity contribution in [3.05, 3.63) is 0 Å². The molecule has 1 aromatic heterocycles. The first-order valence-electron chi connectivity index (χ1n) is 5.06. The number of hydrogen-bond acceptors (Lipinski definition) is 7. The lowest BCUT2D eigenvalue weighted by molar-refractivity contribution is -0.140. The lowest BCUT2D eigenvalue weighted by Gasteiger charge is -2.01. The van der Waals surface area contributed by atoms with Crippen LogP contribution in [-0.2, 0) is 9.53 Å². The number of nitrogens with one attached hydrogen (secondary N) is 1. The minimum atomic E-state index is -0.195. The van der Waals surface area contributed by atoms with Crippen LogP contribution in [0.15, 0.2) is 4.34 Å². The number of carbonyl (C=O) groups excluding carboxylic acids is 1. The maximum Gasteiger partial charge on any atom is 0.316 e. The molecule has 0 radical (unpaired) electrons. The Hall–Kier alpha value is -0.820. The molecule has 1 heterocycles. The van der Waals surface area contributed by atoms with Gasteiger partial charge in [0.25, 0.3) is 0 Å². The van der Waals surface area contributed by atoms with Gasteiger partial charge in [0, 0.05) is 7.05 Å². The smallest absolute Gasteiger partial charge is 0.316 e. The van der Waals surface area contributed by atoms with E-state index in [2.05, 4.69) is 22.4 Å². The molecular weight excluding hydrogens is 246 g/mol. The van der Waals surface area contributed by atoms with Gasteiger partial charge in [-0.3, -0.25) is 4.79 Å². The maximum absolute atomic E-state index is 11.3. The van der Waals surface area contributed by atoms with Crippen molar-refractivity contribution < 1.29 is 9.53 Å². The van der Waals surface area contributed by atoms with Crippen molar-refractivity contribution in [2.75, 3.05) is 24.7 Å². The standard InChI is InChI=1S/C9H15N3O2S2/c1-3-4-5-14-7(13)6-15-9-12-11-8(10-2)16-9/h3-6H2,1-2H3,(H,10,11). The summed E-state index contributed by atoms with van der Waals surface area (Å²) in [6.07, 6.45) is 1.95. The molecule has 7 heteroatoms. The number of nitrogens with zero attached hydrogens (tertiary/aromatic N) is 2. The van der Waals surface area contributed by atoms with Crippen LogP contribution in [0.25, 0.3) is 0 Å². The molecule has 0 aliphatic heterocycles. The number of hydrogen-bond donors (Lipinski definition) is 1. The normalized spacial score (nSPS) is 10.1. The van der Waals surface area contributed by atoms with E-state index in [1.165, 1.54) is 23.1 Å². The molecule has 0 aliphatic carbocycles. The summed E-state index contributed by atoms with van der Waals surface area (Å²) in [5, 5.41) is 11.4. The van der Waals surface area contributed by atoms with E-state index in [4.69, 9.17) is 4.74 Å². The predicted octanol–water partition coefficient (Wildman–Crippen LogP) is 2.02. The maximum atomic E-state index is 11.3. The van der Waals surface area contributed by atoms with Gasteiger partial charge >= 0.3 is 5.97 Å². The molecule has 0 fully saturated rings. The second-order valence-electron chi connectivity index (χ2n) is 2.99. The molecule has 0 atom stereocenters. The third-order valence-electron chi connectivity index (χ3n) is 1.69. The van der Waals surface area contributed by atoms with Crippen LogP contribution < -0.4 is 5.32 Å². The molecule has 0 amide bonds. The van der Waals surface area contributed by atoms with E-state index < -0.39 is 0 Å². The molecule has 0 aromatic carbocycles. The van der Waals surface area contributed by atoms with Gasteiger partial charge in [0.1, 0.15) is 0 Å². The molecule has 0 aliphatic rings. The van der Waals surface area contributed by atoms with E-state index in [0.717, 1.165) is 22.3 Å². The van der Waals surface area contributed by atoms with Crippen molar-refractivity contribution in [2.24, 2.45) is 0 Å². The van der Waals surface area contributed by atoms with Crippen molar-refractivity contribution in [3.8, 4) is 0 Å². The Balaban J connectivity index is 2.20. The highest BCUT2D eigenvalue weighted by molar-refractivity contribution is 8.01. The summed E-state index contributed by atoms with van der Waals surface area (Å²) in [4.78, 5) is 11.3. The summed E-state index contributed by atoms with van der Waals surface area (Å²) in [6, 6.07) is 0. The van der Waals surface area contributed by atoms with Crippen LogP contribution in [0.4, 0.5) is 5.13 Å². The Labute approximate surface area is 103 Å². The summed E-state index contributed by atoms with van der Waals surface area (Å²) < 4.78 is 5.79. The largest absolute Gasteiger partial charge is 0.465 e. The topological polar surface area (TPSA) is 64.1 Å². The molecule has 1 aromatic rings. The Bertz CT molecular complexity index is 330. The van der Waals surface area contributed by atoms with Crippen molar-refractivity contribution >= 4 is 34.2 Å². The Morgan fingerprint density at radius 2 is 2.38 bits per heavy atom. The summed E-state index contributed by atoms with van der Waals surface area (Å²) in [5.74, 6) is 0.0990.